The molecule has 1 heterocycles. The Balaban J connectivity index is 1.96. The second-order valence-corrected chi connectivity index (χ2v) is 5.56. The van der Waals surface area contributed by atoms with Crippen LogP contribution in [-0.4, -0.2) is 37.0 Å². The molecule has 21 heavy (non-hydrogen) atoms. The molecule has 2 rings (SSSR count). The zero-order valence-corrected chi connectivity index (χ0v) is 12.8. The number of ether oxygens (including phenoxy) is 1. The number of carbonyl (C=O) groups excluding carboxylic acids is 2. The molecule has 1 aliphatic heterocycles. The zero-order chi connectivity index (χ0) is 15.2. The van der Waals surface area contributed by atoms with Crippen molar-refractivity contribution in [3.63, 3.8) is 0 Å². The number of rotatable bonds is 5. The highest BCUT2D eigenvalue weighted by Gasteiger charge is 2.31. The molecule has 1 aromatic carbocycles. The van der Waals surface area contributed by atoms with Gasteiger partial charge in [0.25, 0.3) is 5.91 Å². The van der Waals surface area contributed by atoms with Crippen molar-refractivity contribution in [1.29, 1.82) is 0 Å². The number of carbonyl (C=O) groups is 2. The van der Waals surface area contributed by atoms with E-state index in [1.807, 2.05) is 24.3 Å². The lowest BCUT2D eigenvalue weighted by Gasteiger charge is -2.16. The van der Waals surface area contributed by atoms with Crippen molar-refractivity contribution in [2.75, 3.05) is 20.2 Å². The Labute approximate surface area is 126 Å². The van der Waals surface area contributed by atoms with E-state index in [2.05, 4.69) is 6.92 Å². The Hall–Kier alpha value is -1.84. The smallest absolute Gasteiger partial charge is 0.310 e. The third kappa shape index (κ3) is 3.84. The number of esters is 1. The molecule has 1 saturated heterocycles. The Morgan fingerprint density at radius 2 is 2.00 bits per heavy atom. The van der Waals surface area contributed by atoms with Crippen LogP contribution in [0.4, 0.5) is 0 Å². The minimum Gasteiger partial charge on any atom is -0.469 e. The van der Waals surface area contributed by atoms with Gasteiger partial charge in [0.2, 0.25) is 0 Å². The topological polar surface area (TPSA) is 46.6 Å². The summed E-state index contributed by atoms with van der Waals surface area (Å²) < 4.78 is 4.74. The minimum atomic E-state index is -0.222. The Morgan fingerprint density at radius 3 is 2.62 bits per heavy atom. The molecule has 0 N–H and O–H groups in total. The van der Waals surface area contributed by atoms with Crippen LogP contribution in [0.5, 0.6) is 0 Å². The van der Waals surface area contributed by atoms with Crippen LogP contribution in [0, 0.1) is 5.92 Å². The minimum absolute atomic E-state index is 0.00319. The first-order valence-electron chi connectivity index (χ1n) is 7.61. The van der Waals surface area contributed by atoms with E-state index in [1.165, 1.54) is 25.5 Å². The van der Waals surface area contributed by atoms with Gasteiger partial charge in [-0.2, -0.15) is 0 Å². The third-order valence-electron chi connectivity index (χ3n) is 4.03. The van der Waals surface area contributed by atoms with Crippen molar-refractivity contribution in [3.05, 3.63) is 35.4 Å². The Morgan fingerprint density at radius 1 is 1.29 bits per heavy atom. The molecule has 0 aliphatic carbocycles. The first-order chi connectivity index (χ1) is 10.2. The number of hydrogen-bond acceptors (Lipinski definition) is 3. The lowest BCUT2D eigenvalue weighted by molar-refractivity contribution is -0.144. The fraction of sp³-hybridized carbons (Fsp3) is 0.529. The van der Waals surface area contributed by atoms with Gasteiger partial charge in [0.05, 0.1) is 13.0 Å². The normalized spacial score (nSPS) is 17.8. The number of unbranched alkanes of at least 4 members (excludes halogenated alkanes) is 1. The summed E-state index contributed by atoms with van der Waals surface area (Å²) in [5.74, 6) is -0.397. The van der Waals surface area contributed by atoms with Crippen molar-refractivity contribution in [2.24, 2.45) is 5.92 Å². The van der Waals surface area contributed by atoms with Crippen LogP contribution < -0.4 is 0 Å². The van der Waals surface area contributed by atoms with Crippen LogP contribution in [0.1, 0.15) is 42.1 Å². The fourth-order valence-electron chi connectivity index (χ4n) is 2.68. The first kappa shape index (κ1) is 15.5. The van der Waals surface area contributed by atoms with Crippen LogP contribution >= 0.6 is 0 Å². The molecular formula is C17H23NO3. The standard InChI is InChI=1S/C17H23NO3/c1-3-4-5-13-6-8-14(9-7-13)16(19)18-11-10-15(12-18)17(20)21-2/h6-9,15H,3-5,10-12H2,1-2H3. The van der Waals surface area contributed by atoms with E-state index in [4.69, 9.17) is 4.74 Å². The molecular weight excluding hydrogens is 266 g/mol. The number of benzene rings is 1. The predicted octanol–water partition coefficient (Wildman–Crippen LogP) is 2.66. The van der Waals surface area contributed by atoms with Gasteiger partial charge in [-0.15, -0.1) is 0 Å². The van der Waals surface area contributed by atoms with Gasteiger partial charge in [-0.05, 0) is 37.0 Å². The van der Waals surface area contributed by atoms with E-state index in [9.17, 15) is 9.59 Å². The monoisotopic (exact) mass is 289 g/mol. The molecule has 1 aromatic rings. The average molecular weight is 289 g/mol. The molecule has 1 fully saturated rings. The molecule has 0 saturated carbocycles. The SMILES string of the molecule is CCCCc1ccc(C(=O)N2CCC(C(=O)OC)C2)cc1. The molecule has 1 amide bonds. The molecule has 1 atom stereocenters. The van der Waals surface area contributed by atoms with E-state index in [0.717, 1.165) is 6.42 Å². The van der Waals surface area contributed by atoms with E-state index >= 15 is 0 Å². The lowest BCUT2D eigenvalue weighted by Crippen LogP contribution is -2.30. The van der Waals surface area contributed by atoms with Crippen molar-refractivity contribution < 1.29 is 14.3 Å². The molecule has 4 heteroatoms. The van der Waals surface area contributed by atoms with Gasteiger partial charge >= 0.3 is 5.97 Å². The maximum absolute atomic E-state index is 12.4. The van der Waals surface area contributed by atoms with Gasteiger partial charge in [0.1, 0.15) is 0 Å². The maximum Gasteiger partial charge on any atom is 0.310 e. The summed E-state index contributed by atoms with van der Waals surface area (Å²) in [7, 11) is 1.39. The average Bonchev–Trinajstić information content (AvgIpc) is 3.02. The van der Waals surface area contributed by atoms with E-state index in [-0.39, 0.29) is 17.8 Å². The van der Waals surface area contributed by atoms with Crippen LogP contribution in [0.25, 0.3) is 0 Å². The quantitative estimate of drug-likeness (QED) is 0.783. The number of nitrogens with zero attached hydrogens (tertiary/aromatic N) is 1. The number of methoxy groups -OCH3 is 1. The fourth-order valence-corrected chi connectivity index (χ4v) is 2.68. The molecule has 1 aliphatic rings. The highest BCUT2D eigenvalue weighted by molar-refractivity contribution is 5.94. The van der Waals surface area contributed by atoms with Gasteiger partial charge in [-0.25, -0.2) is 0 Å². The van der Waals surface area contributed by atoms with Gasteiger partial charge in [-0.3, -0.25) is 9.59 Å². The second-order valence-electron chi connectivity index (χ2n) is 5.56. The number of hydrogen-bond donors (Lipinski definition) is 0. The van der Waals surface area contributed by atoms with Gasteiger partial charge in [-0.1, -0.05) is 25.5 Å². The number of aryl methyl sites for hydroxylation is 1. The lowest BCUT2D eigenvalue weighted by atomic mass is 10.1. The molecule has 114 valence electrons. The summed E-state index contributed by atoms with van der Waals surface area (Å²) in [4.78, 5) is 25.6. The molecule has 0 spiro atoms. The van der Waals surface area contributed by atoms with Crippen LogP contribution in [0.3, 0.4) is 0 Å². The number of amides is 1. The van der Waals surface area contributed by atoms with Crippen molar-refractivity contribution in [2.45, 2.75) is 32.6 Å². The highest BCUT2D eigenvalue weighted by Crippen LogP contribution is 2.20. The Kier molecular flexibility index (Phi) is 5.37. The summed E-state index contributed by atoms with van der Waals surface area (Å²) >= 11 is 0. The highest BCUT2D eigenvalue weighted by atomic mass is 16.5. The van der Waals surface area contributed by atoms with Crippen molar-refractivity contribution >= 4 is 11.9 Å². The van der Waals surface area contributed by atoms with Crippen LogP contribution in [0.2, 0.25) is 0 Å². The van der Waals surface area contributed by atoms with Gasteiger partial charge < -0.3 is 9.64 Å². The largest absolute Gasteiger partial charge is 0.469 e. The van der Waals surface area contributed by atoms with Crippen molar-refractivity contribution in [1.82, 2.24) is 4.90 Å². The third-order valence-corrected chi connectivity index (χ3v) is 4.03. The maximum atomic E-state index is 12.4. The summed E-state index contributed by atoms with van der Waals surface area (Å²) in [6, 6.07) is 7.82. The molecule has 0 radical (unpaired) electrons. The summed E-state index contributed by atoms with van der Waals surface area (Å²) in [6.07, 6.45) is 4.08. The molecule has 0 aromatic heterocycles. The van der Waals surface area contributed by atoms with Crippen LogP contribution in [-0.2, 0) is 16.0 Å². The van der Waals surface area contributed by atoms with Crippen LogP contribution in [0.15, 0.2) is 24.3 Å². The summed E-state index contributed by atoms with van der Waals surface area (Å²) in [6.45, 7) is 3.25. The zero-order valence-electron chi connectivity index (χ0n) is 12.8. The summed E-state index contributed by atoms with van der Waals surface area (Å²) in [5.41, 5.74) is 1.96. The van der Waals surface area contributed by atoms with E-state index < -0.39 is 0 Å². The van der Waals surface area contributed by atoms with Gasteiger partial charge in [0, 0.05) is 18.7 Å². The van der Waals surface area contributed by atoms with E-state index in [1.54, 1.807) is 4.90 Å². The molecule has 4 nitrogen and oxygen atoms in total. The van der Waals surface area contributed by atoms with Gasteiger partial charge in [0.15, 0.2) is 0 Å². The molecule has 0 bridgehead atoms. The molecule has 1 unspecified atom stereocenters. The van der Waals surface area contributed by atoms with E-state index in [0.29, 0.717) is 25.1 Å². The Bertz CT molecular complexity index is 495. The first-order valence-corrected chi connectivity index (χ1v) is 7.61. The summed E-state index contributed by atoms with van der Waals surface area (Å²) in [5, 5.41) is 0. The number of likely N-dealkylation sites (tertiary alicyclic amines) is 1. The second kappa shape index (κ2) is 7.25. The van der Waals surface area contributed by atoms with Crippen molar-refractivity contribution in [3.8, 4) is 0 Å². The predicted molar refractivity (Wildman–Crippen MR) is 81.1 cm³/mol.